The molecule has 294 valence electrons. The van der Waals surface area contributed by atoms with Crippen molar-refractivity contribution in [2.75, 3.05) is 26.2 Å². The Kier molecular flexibility index (Phi) is 13.7. The van der Waals surface area contributed by atoms with Crippen molar-refractivity contribution < 1.29 is 42.5 Å². The van der Waals surface area contributed by atoms with E-state index in [0.717, 1.165) is 22.3 Å². The molecule has 6 N–H and O–H groups in total. The summed E-state index contributed by atoms with van der Waals surface area (Å²) in [7, 11) is 0. The maximum Gasteiger partial charge on any atom is 0.490 e. The molecule has 0 aliphatic carbocycles. The lowest BCUT2D eigenvalue weighted by Gasteiger charge is -2.31. The number of carbonyl (C=O) groups is 3. The molecule has 1 fully saturated rings. The molecule has 1 aliphatic rings. The largest absolute Gasteiger partial charge is 0.506 e. The third kappa shape index (κ3) is 11.6. The Morgan fingerprint density at radius 2 is 1.67 bits per heavy atom. The van der Waals surface area contributed by atoms with Crippen LogP contribution in [0, 0.1) is 6.92 Å². The average molecular weight is 766 g/mol. The van der Waals surface area contributed by atoms with E-state index in [1.165, 1.54) is 12.1 Å². The maximum absolute atomic E-state index is 13.0. The number of hydrogen-bond donors (Lipinski definition) is 6. The highest BCUT2D eigenvalue weighted by Crippen LogP contribution is 2.28. The first-order valence-electron chi connectivity index (χ1n) is 18.1. The van der Waals surface area contributed by atoms with Crippen LogP contribution in [0.4, 0.5) is 13.2 Å². The number of fused-ring (bicyclic) bond motifs is 1. The molecular formula is C40H46F3N5O7. The number of halogens is 3. The molecule has 1 aromatic heterocycles. The first kappa shape index (κ1) is 40.9. The maximum atomic E-state index is 13.0. The van der Waals surface area contributed by atoms with Gasteiger partial charge in [-0.15, -0.1) is 0 Å². The number of nitrogens with zero attached hydrogens (tertiary/aromatic N) is 1. The Morgan fingerprint density at radius 1 is 0.964 bits per heavy atom. The van der Waals surface area contributed by atoms with Crippen LogP contribution in [0.25, 0.3) is 10.9 Å². The van der Waals surface area contributed by atoms with Gasteiger partial charge in [0.15, 0.2) is 0 Å². The van der Waals surface area contributed by atoms with Crippen molar-refractivity contribution >= 4 is 28.7 Å². The minimum atomic E-state index is -5.01. The van der Waals surface area contributed by atoms with Gasteiger partial charge in [0.1, 0.15) is 11.9 Å². The van der Waals surface area contributed by atoms with Crippen molar-refractivity contribution in [1.29, 1.82) is 0 Å². The topological polar surface area (TPSA) is 173 Å². The second-order valence-electron chi connectivity index (χ2n) is 13.9. The molecule has 1 unspecified atom stereocenters. The van der Waals surface area contributed by atoms with Crippen LogP contribution >= 0.6 is 0 Å². The van der Waals surface area contributed by atoms with Gasteiger partial charge in [0.2, 0.25) is 11.5 Å². The number of carbonyl (C=O) groups excluding carboxylic acids is 3. The summed E-state index contributed by atoms with van der Waals surface area (Å²) in [6.45, 7) is 5.95. The van der Waals surface area contributed by atoms with Crippen molar-refractivity contribution in [1.82, 2.24) is 25.8 Å². The molecular weight excluding hydrogens is 719 g/mol. The molecule has 4 aromatic rings. The van der Waals surface area contributed by atoms with Gasteiger partial charge in [-0.2, -0.15) is 13.2 Å². The predicted molar refractivity (Wildman–Crippen MR) is 199 cm³/mol. The number of nitrogens with one attached hydrogen (secondary N) is 4. The van der Waals surface area contributed by atoms with Gasteiger partial charge < -0.3 is 40.8 Å². The molecule has 15 heteroatoms. The fraction of sp³-hybridized carbons (Fsp3) is 0.400. The Morgan fingerprint density at radius 3 is 2.38 bits per heavy atom. The predicted octanol–water partition coefficient (Wildman–Crippen LogP) is 4.30. The van der Waals surface area contributed by atoms with Crippen LogP contribution < -0.4 is 21.5 Å². The number of hydrogen-bond acceptors (Lipinski definition) is 9. The number of rotatable bonds is 15. The van der Waals surface area contributed by atoms with E-state index in [-0.39, 0.29) is 67.0 Å². The molecule has 3 aromatic carbocycles. The number of piperidine rings is 1. The number of phenolic OH excluding ortho intramolecular Hbond substituents is 1. The summed E-state index contributed by atoms with van der Waals surface area (Å²) in [6, 6.07) is 19.2. The molecule has 5 rings (SSSR count). The number of phenols is 1. The SMILES string of the molecule is Cc1ccc(C(=O)NCc2ccc(CC(C)NC[C@H](O)c3ccc(O)c4[nH]c(=O)ccc34)cc2)cc1CNC(=O)CCN1CCC(OC(=O)C(F)(F)F)CC1. The van der Waals surface area contributed by atoms with Gasteiger partial charge >= 0.3 is 12.1 Å². The van der Waals surface area contributed by atoms with Crippen LogP contribution in [0.2, 0.25) is 0 Å². The summed E-state index contributed by atoms with van der Waals surface area (Å²) < 4.78 is 41.9. The minimum Gasteiger partial charge on any atom is -0.506 e. The van der Waals surface area contributed by atoms with Crippen molar-refractivity contribution in [3.63, 3.8) is 0 Å². The molecule has 2 amide bonds. The summed E-state index contributed by atoms with van der Waals surface area (Å²) in [6.07, 6.45) is -5.26. The van der Waals surface area contributed by atoms with E-state index in [1.807, 2.05) is 49.1 Å². The zero-order chi connectivity index (χ0) is 39.7. The number of aromatic hydroxyl groups is 1. The average Bonchev–Trinajstić information content (AvgIpc) is 3.16. The van der Waals surface area contributed by atoms with E-state index >= 15 is 0 Å². The highest BCUT2D eigenvalue weighted by atomic mass is 19.4. The van der Waals surface area contributed by atoms with E-state index in [4.69, 9.17) is 0 Å². The van der Waals surface area contributed by atoms with Gasteiger partial charge in [-0.3, -0.25) is 14.4 Å². The van der Waals surface area contributed by atoms with Gasteiger partial charge in [-0.05, 0) is 85.2 Å². The highest BCUT2D eigenvalue weighted by Gasteiger charge is 2.42. The van der Waals surface area contributed by atoms with E-state index in [0.29, 0.717) is 49.1 Å². The number of aromatic amines is 1. The molecule has 1 saturated heterocycles. The Hall–Kier alpha value is -5.25. The number of pyridine rings is 1. The third-order valence-electron chi connectivity index (χ3n) is 9.73. The Labute approximate surface area is 316 Å². The van der Waals surface area contributed by atoms with E-state index in [9.17, 15) is 42.6 Å². The van der Waals surface area contributed by atoms with Gasteiger partial charge in [0, 0.05) is 68.7 Å². The lowest BCUT2D eigenvalue weighted by Crippen LogP contribution is -2.41. The molecule has 0 spiro atoms. The number of ether oxygens (including phenoxy) is 1. The number of likely N-dealkylation sites (tertiary alicyclic amines) is 1. The van der Waals surface area contributed by atoms with Crippen LogP contribution in [0.1, 0.15) is 70.5 Å². The first-order chi connectivity index (χ1) is 26.2. The number of amides is 2. The number of aryl methyl sites for hydroxylation is 1. The number of H-pyrrole nitrogens is 1. The minimum absolute atomic E-state index is 0.0263. The molecule has 0 saturated carbocycles. The molecule has 1 aliphatic heterocycles. The lowest BCUT2D eigenvalue weighted by atomic mass is 10.0. The normalized spacial score (nSPS) is 15.0. The number of alkyl halides is 3. The summed E-state index contributed by atoms with van der Waals surface area (Å²) in [4.78, 5) is 52.9. The molecule has 0 bridgehead atoms. The number of aliphatic hydroxyl groups is 1. The van der Waals surface area contributed by atoms with Crippen LogP contribution in [-0.2, 0) is 33.8 Å². The van der Waals surface area contributed by atoms with Gasteiger partial charge in [-0.25, -0.2) is 4.79 Å². The second-order valence-corrected chi connectivity index (χ2v) is 13.9. The van der Waals surface area contributed by atoms with E-state index < -0.39 is 24.4 Å². The van der Waals surface area contributed by atoms with E-state index in [2.05, 4.69) is 25.7 Å². The van der Waals surface area contributed by atoms with Crippen molar-refractivity contribution in [3.05, 3.63) is 110 Å². The third-order valence-corrected chi connectivity index (χ3v) is 9.73. The number of aromatic nitrogens is 1. The van der Waals surface area contributed by atoms with Gasteiger partial charge in [0.25, 0.3) is 5.91 Å². The molecule has 2 heterocycles. The monoisotopic (exact) mass is 765 g/mol. The number of esters is 1. The zero-order valence-electron chi connectivity index (χ0n) is 30.7. The van der Waals surface area contributed by atoms with Crippen molar-refractivity contribution in [3.8, 4) is 5.75 Å². The van der Waals surface area contributed by atoms with Gasteiger partial charge in [-0.1, -0.05) is 36.4 Å². The summed E-state index contributed by atoms with van der Waals surface area (Å²) >= 11 is 0. The first-order valence-corrected chi connectivity index (χ1v) is 18.1. The van der Waals surface area contributed by atoms with Gasteiger partial charge in [0.05, 0.1) is 11.6 Å². The molecule has 12 nitrogen and oxygen atoms in total. The zero-order valence-corrected chi connectivity index (χ0v) is 30.7. The number of benzene rings is 3. The van der Waals surface area contributed by atoms with Crippen molar-refractivity contribution in [2.45, 2.75) is 77.0 Å². The van der Waals surface area contributed by atoms with Crippen LogP contribution in [0.15, 0.2) is 71.5 Å². The lowest BCUT2D eigenvalue weighted by molar-refractivity contribution is -0.206. The fourth-order valence-electron chi connectivity index (χ4n) is 6.49. The molecule has 0 radical (unpaired) electrons. The summed E-state index contributed by atoms with van der Waals surface area (Å²) in [5.41, 5.74) is 4.67. The van der Waals surface area contributed by atoms with E-state index in [1.54, 1.807) is 24.3 Å². The second kappa shape index (κ2) is 18.4. The van der Waals surface area contributed by atoms with Crippen LogP contribution in [0.5, 0.6) is 5.75 Å². The smallest absolute Gasteiger partial charge is 0.490 e. The Balaban J connectivity index is 1.02. The summed E-state index contributed by atoms with van der Waals surface area (Å²) in [5, 5.41) is 30.7. The summed E-state index contributed by atoms with van der Waals surface area (Å²) in [5.74, 6) is -2.70. The molecule has 2 atom stereocenters. The Bertz CT molecular complexity index is 2030. The van der Waals surface area contributed by atoms with Crippen molar-refractivity contribution in [2.24, 2.45) is 0 Å². The fourth-order valence-corrected chi connectivity index (χ4v) is 6.49. The standard InChI is InChI=1S/C40H46F3N5O7/c1-24-3-8-28(20-29(24)22-45-35(51)15-18-48-16-13-30(14-17-48)55-39(54)40(41,42)43)38(53)46-21-27-6-4-26(5-7-27)19-25(2)44-23-34(50)31-9-11-33(49)37-32(31)10-12-36(52)47-37/h3-12,20,25,30,34,44,49-50H,13-19,21-23H2,1-2H3,(H,45,51)(H,46,53)(H,47,52)/t25?,34-/m0/s1. The van der Waals surface area contributed by atoms with Crippen LogP contribution in [0.3, 0.4) is 0 Å². The highest BCUT2D eigenvalue weighted by molar-refractivity contribution is 5.94. The van der Waals surface area contributed by atoms with Crippen LogP contribution in [-0.4, -0.2) is 82.4 Å². The quantitative estimate of drug-likeness (QED) is 0.0966. The molecule has 55 heavy (non-hydrogen) atoms. The number of aliphatic hydroxyl groups excluding tert-OH is 1.